The Hall–Kier alpha value is -3.42. The number of hydrogen-bond acceptors (Lipinski definition) is 5. The highest BCUT2D eigenvalue weighted by Gasteiger charge is 2.21. The second-order valence-corrected chi connectivity index (χ2v) is 7.12. The molecule has 1 atom stereocenters. The topological polar surface area (TPSA) is 78.3 Å². The molecule has 1 N–H and O–H groups in total. The van der Waals surface area contributed by atoms with E-state index in [1.165, 1.54) is 16.8 Å². The molecule has 29 heavy (non-hydrogen) atoms. The quantitative estimate of drug-likeness (QED) is 0.716. The Bertz CT molecular complexity index is 1020. The summed E-state index contributed by atoms with van der Waals surface area (Å²) in [6.45, 7) is 4.98. The maximum absolute atomic E-state index is 13.2. The molecule has 2 aromatic carbocycles. The van der Waals surface area contributed by atoms with Crippen molar-refractivity contribution in [1.82, 2.24) is 20.3 Å². The molecule has 1 unspecified atom stereocenters. The Kier molecular flexibility index (Phi) is 5.16. The van der Waals surface area contributed by atoms with Crippen LogP contribution in [0.2, 0.25) is 0 Å². The first-order valence-corrected chi connectivity index (χ1v) is 9.40. The van der Waals surface area contributed by atoms with E-state index in [1.54, 1.807) is 30.5 Å². The standard InChI is InChI=1S/C21H21FN4O3/c1-13(2)20(14-3-5-15(22)6-4-14)23-21(27)17-12-26(25-24-17)16-7-8-18-19(11-16)29-10-9-28-18/h3-8,11-13,20H,9-10H2,1-2H3,(H,23,27). The van der Waals surface area contributed by atoms with E-state index in [-0.39, 0.29) is 29.4 Å². The SMILES string of the molecule is CC(C)C(NC(=O)c1cn(-c2ccc3c(c2)OCCO3)nn1)c1ccc(F)cc1. The molecule has 3 aromatic rings. The third-order valence-corrected chi connectivity index (χ3v) is 4.70. The highest BCUT2D eigenvalue weighted by molar-refractivity contribution is 5.92. The summed E-state index contributed by atoms with van der Waals surface area (Å²) >= 11 is 0. The number of nitrogens with zero attached hydrogens (tertiary/aromatic N) is 3. The number of nitrogens with one attached hydrogen (secondary N) is 1. The molecule has 0 spiro atoms. The molecule has 1 aliphatic heterocycles. The van der Waals surface area contributed by atoms with Crippen molar-refractivity contribution in [2.75, 3.05) is 13.2 Å². The summed E-state index contributed by atoms with van der Waals surface area (Å²) in [5.74, 6) is 0.752. The van der Waals surface area contributed by atoms with Gasteiger partial charge in [0, 0.05) is 6.07 Å². The van der Waals surface area contributed by atoms with Crippen LogP contribution in [0.15, 0.2) is 48.7 Å². The highest BCUT2D eigenvalue weighted by atomic mass is 19.1. The van der Waals surface area contributed by atoms with E-state index in [2.05, 4.69) is 15.6 Å². The van der Waals surface area contributed by atoms with Crippen LogP contribution in [0.4, 0.5) is 4.39 Å². The summed E-state index contributed by atoms with van der Waals surface area (Å²) < 4.78 is 25.8. The molecule has 8 heteroatoms. The van der Waals surface area contributed by atoms with Crippen LogP contribution in [0.5, 0.6) is 11.5 Å². The summed E-state index contributed by atoms with van der Waals surface area (Å²) in [7, 11) is 0. The molecule has 0 saturated carbocycles. The summed E-state index contributed by atoms with van der Waals surface area (Å²) in [6.07, 6.45) is 1.56. The van der Waals surface area contributed by atoms with E-state index in [0.29, 0.717) is 30.4 Å². The van der Waals surface area contributed by atoms with E-state index in [0.717, 1.165) is 5.56 Å². The molecule has 7 nitrogen and oxygen atoms in total. The summed E-state index contributed by atoms with van der Waals surface area (Å²) in [5, 5.41) is 11.0. The first-order valence-electron chi connectivity index (χ1n) is 9.40. The third kappa shape index (κ3) is 4.06. The Balaban J connectivity index is 1.52. The van der Waals surface area contributed by atoms with Crippen molar-refractivity contribution in [2.45, 2.75) is 19.9 Å². The van der Waals surface area contributed by atoms with Gasteiger partial charge < -0.3 is 14.8 Å². The first-order chi connectivity index (χ1) is 14.0. The highest BCUT2D eigenvalue weighted by Crippen LogP contribution is 2.31. The van der Waals surface area contributed by atoms with Gasteiger partial charge in [0.1, 0.15) is 19.0 Å². The molecule has 0 radical (unpaired) electrons. The molecule has 0 bridgehead atoms. The van der Waals surface area contributed by atoms with Gasteiger partial charge in [0.15, 0.2) is 17.2 Å². The van der Waals surface area contributed by atoms with Crippen molar-refractivity contribution < 1.29 is 18.7 Å². The zero-order valence-electron chi connectivity index (χ0n) is 16.1. The molecule has 1 amide bonds. The van der Waals surface area contributed by atoms with Gasteiger partial charge in [0.25, 0.3) is 5.91 Å². The van der Waals surface area contributed by atoms with E-state index in [1.807, 2.05) is 19.9 Å². The van der Waals surface area contributed by atoms with Crippen molar-refractivity contribution in [3.63, 3.8) is 0 Å². The molecular weight excluding hydrogens is 375 g/mol. The van der Waals surface area contributed by atoms with Crippen LogP contribution in [0.25, 0.3) is 5.69 Å². The van der Waals surface area contributed by atoms with Crippen LogP contribution in [-0.2, 0) is 0 Å². The molecule has 1 aliphatic rings. The van der Waals surface area contributed by atoms with Crippen molar-refractivity contribution in [3.05, 3.63) is 65.7 Å². The molecule has 2 heterocycles. The predicted molar refractivity (Wildman–Crippen MR) is 104 cm³/mol. The smallest absolute Gasteiger partial charge is 0.273 e. The zero-order valence-corrected chi connectivity index (χ0v) is 16.1. The summed E-state index contributed by atoms with van der Waals surface area (Å²) in [5.41, 5.74) is 1.72. The van der Waals surface area contributed by atoms with Gasteiger partial charge in [0.2, 0.25) is 0 Å². The van der Waals surface area contributed by atoms with Gasteiger partial charge >= 0.3 is 0 Å². The Morgan fingerprint density at radius 3 is 2.55 bits per heavy atom. The molecular formula is C21H21FN4O3. The normalized spacial score (nSPS) is 13.9. The largest absolute Gasteiger partial charge is 0.486 e. The molecule has 0 saturated heterocycles. The van der Waals surface area contributed by atoms with Crippen molar-refractivity contribution in [3.8, 4) is 17.2 Å². The number of rotatable bonds is 5. The second kappa shape index (κ2) is 7.90. The van der Waals surface area contributed by atoms with Crippen LogP contribution in [0, 0.1) is 11.7 Å². The van der Waals surface area contributed by atoms with Crippen LogP contribution in [-0.4, -0.2) is 34.1 Å². The number of carbonyl (C=O) groups is 1. The van der Waals surface area contributed by atoms with E-state index in [9.17, 15) is 9.18 Å². The van der Waals surface area contributed by atoms with Gasteiger partial charge in [-0.05, 0) is 35.7 Å². The van der Waals surface area contributed by atoms with E-state index >= 15 is 0 Å². The zero-order chi connectivity index (χ0) is 20.4. The molecule has 150 valence electrons. The maximum Gasteiger partial charge on any atom is 0.273 e. The molecule has 1 aromatic heterocycles. The second-order valence-electron chi connectivity index (χ2n) is 7.12. The average Bonchev–Trinajstić information content (AvgIpc) is 3.22. The average molecular weight is 396 g/mol. The fraction of sp³-hybridized carbons (Fsp3) is 0.286. The monoisotopic (exact) mass is 396 g/mol. The van der Waals surface area contributed by atoms with Gasteiger partial charge in [-0.1, -0.05) is 31.2 Å². The number of benzene rings is 2. The molecule has 4 rings (SSSR count). The minimum atomic E-state index is -0.350. The number of carbonyl (C=O) groups excluding carboxylic acids is 1. The van der Waals surface area contributed by atoms with Crippen LogP contribution in [0.1, 0.15) is 35.9 Å². The predicted octanol–water partition coefficient (Wildman–Crippen LogP) is 3.30. The van der Waals surface area contributed by atoms with Crippen LogP contribution >= 0.6 is 0 Å². The van der Waals surface area contributed by atoms with Gasteiger partial charge in [0.05, 0.1) is 17.9 Å². The fourth-order valence-electron chi connectivity index (χ4n) is 3.19. The maximum atomic E-state index is 13.2. The number of hydrogen-bond donors (Lipinski definition) is 1. The van der Waals surface area contributed by atoms with Gasteiger partial charge in [-0.25, -0.2) is 9.07 Å². The van der Waals surface area contributed by atoms with Crippen molar-refractivity contribution in [2.24, 2.45) is 5.92 Å². The van der Waals surface area contributed by atoms with Gasteiger partial charge in [-0.3, -0.25) is 4.79 Å². The van der Waals surface area contributed by atoms with Gasteiger partial charge in [-0.15, -0.1) is 5.10 Å². The van der Waals surface area contributed by atoms with E-state index in [4.69, 9.17) is 9.47 Å². The fourth-order valence-corrected chi connectivity index (χ4v) is 3.19. The number of amides is 1. The van der Waals surface area contributed by atoms with Crippen LogP contribution < -0.4 is 14.8 Å². The minimum Gasteiger partial charge on any atom is -0.486 e. The van der Waals surface area contributed by atoms with Crippen LogP contribution in [0.3, 0.4) is 0 Å². The lowest BCUT2D eigenvalue weighted by molar-refractivity contribution is 0.0920. The lowest BCUT2D eigenvalue weighted by atomic mass is 9.96. The van der Waals surface area contributed by atoms with Crippen molar-refractivity contribution in [1.29, 1.82) is 0 Å². The first kappa shape index (κ1) is 18.9. The van der Waals surface area contributed by atoms with Gasteiger partial charge in [-0.2, -0.15) is 0 Å². The lowest BCUT2D eigenvalue weighted by Gasteiger charge is -2.22. The number of fused-ring (bicyclic) bond motifs is 1. The summed E-state index contributed by atoms with van der Waals surface area (Å²) in [4.78, 5) is 12.7. The third-order valence-electron chi connectivity index (χ3n) is 4.70. The molecule has 0 fully saturated rings. The lowest BCUT2D eigenvalue weighted by Crippen LogP contribution is -2.32. The minimum absolute atomic E-state index is 0.109. The van der Waals surface area contributed by atoms with Crippen molar-refractivity contribution >= 4 is 5.91 Å². The van der Waals surface area contributed by atoms with E-state index < -0.39 is 0 Å². The summed E-state index contributed by atoms with van der Waals surface area (Å²) in [6, 6.07) is 11.2. The Morgan fingerprint density at radius 2 is 1.83 bits per heavy atom. The Morgan fingerprint density at radius 1 is 1.10 bits per heavy atom. The molecule has 0 aliphatic carbocycles. The number of aromatic nitrogens is 3. The number of halogens is 1. The Labute approximate surface area is 167 Å². The number of ether oxygens (including phenoxy) is 2.